The van der Waals surface area contributed by atoms with E-state index in [1.54, 1.807) is 0 Å². The lowest BCUT2D eigenvalue weighted by molar-refractivity contribution is -0.143. The Labute approximate surface area is 215 Å². The summed E-state index contributed by atoms with van der Waals surface area (Å²) in [7, 11) is 0. The van der Waals surface area contributed by atoms with Gasteiger partial charge in [-0.15, -0.1) is 0 Å². The number of hydrogen-bond donors (Lipinski definition) is 0. The summed E-state index contributed by atoms with van der Waals surface area (Å²) in [4.78, 5) is 11.8. The third-order valence-electron chi connectivity index (χ3n) is 6.90. The minimum absolute atomic E-state index is 0.0173. The number of rotatable bonds is 28. The van der Waals surface area contributed by atoms with Gasteiger partial charge in [0.25, 0.3) is 0 Å². The van der Waals surface area contributed by atoms with Crippen LogP contribution in [0.25, 0.3) is 0 Å². The fourth-order valence-electron chi connectivity index (χ4n) is 4.54. The highest BCUT2D eigenvalue weighted by Crippen LogP contribution is 2.13. The molecule has 0 spiro atoms. The molecule has 202 valence electrons. The lowest BCUT2D eigenvalue weighted by Crippen LogP contribution is -2.05. The molecule has 0 bridgehead atoms. The summed E-state index contributed by atoms with van der Waals surface area (Å²) in [5.74, 6) is 0.0173. The van der Waals surface area contributed by atoms with Crippen LogP contribution in [0.1, 0.15) is 181 Å². The minimum atomic E-state index is 0.0173. The van der Waals surface area contributed by atoms with Gasteiger partial charge in [-0.2, -0.15) is 0 Å². The first-order valence-corrected chi connectivity index (χ1v) is 15.6. The molecule has 0 aliphatic heterocycles. The van der Waals surface area contributed by atoms with E-state index in [2.05, 4.69) is 26.0 Å². The van der Waals surface area contributed by atoms with Crippen LogP contribution in [0.5, 0.6) is 0 Å². The molecule has 0 aliphatic carbocycles. The van der Waals surface area contributed by atoms with Crippen LogP contribution in [0.4, 0.5) is 0 Å². The summed E-state index contributed by atoms with van der Waals surface area (Å²) < 4.78 is 5.40. The third kappa shape index (κ3) is 29.2. The third-order valence-corrected chi connectivity index (χ3v) is 6.90. The Morgan fingerprint density at radius 1 is 0.471 bits per heavy atom. The zero-order valence-electron chi connectivity index (χ0n) is 23.6. The van der Waals surface area contributed by atoms with Crippen molar-refractivity contribution in [1.29, 1.82) is 0 Å². The van der Waals surface area contributed by atoms with E-state index in [4.69, 9.17) is 4.74 Å². The molecule has 0 aromatic carbocycles. The highest BCUT2D eigenvalue weighted by atomic mass is 16.5. The van der Waals surface area contributed by atoms with Crippen LogP contribution < -0.4 is 0 Å². The number of unbranched alkanes of at least 4 members (excludes halogenated alkanes) is 22. The van der Waals surface area contributed by atoms with Crippen molar-refractivity contribution in [3.05, 3.63) is 12.2 Å². The molecule has 0 saturated heterocycles. The van der Waals surface area contributed by atoms with Crippen LogP contribution in [0, 0.1) is 0 Å². The van der Waals surface area contributed by atoms with E-state index in [-0.39, 0.29) is 5.97 Å². The molecular formula is C32H62O2. The summed E-state index contributed by atoms with van der Waals surface area (Å²) in [5.41, 5.74) is 0. The van der Waals surface area contributed by atoms with Crippen molar-refractivity contribution in [3.8, 4) is 0 Å². The van der Waals surface area contributed by atoms with Crippen molar-refractivity contribution >= 4 is 5.97 Å². The highest BCUT2D eigenvalue weighted by molar-refractivity contribution is 5.69. The largest absolute Gasteiger partial charge is 0.466 e. The summed E-state index contributed by atoms with van der Waals surface area (Å²) in [6, 6.07) is 0. The molecule has 0 radical (unpaired) electrons. The molecular weight excluding hydrogens is 416 g/mol. The molecule has 0 amide bonds. The van der Waals surface area contributed by atoms with Crippen molar-refractivity contribution < 1.29 is 9.53 Å². The zero-order valence-corrected chi connectivity index (χ0v) is 23.6. The Balaban J connectivity index is 3.19. The number of carbonyl (C=O) groups is 1. The van der Waals surface area contributed by atoms with Crippen molar-refractivity contribution in [2.75, 3.05) is 6.61 Å². The van der Waals surface area contributed by atoms with Crippen LogP contribution in [-0.2, 0) is 9.53 Å². The first kappa shape index (κ1) is 33.2. The van der Waals surface area contributed by atoms with E-state index in [1.165, 1.54) is 148 Å². The second-order valence-electron chi connectivity index (χ2n) is 10.4. The van der Waals surface area contributed by atoms with E-state index in [9.17, 15) is 4.79 Å². The first-order valence-electron chi connectivity index (χ1n) is 15.6. The van der Waals surface area contributed by atoms with Gasteiger partial charge < -0.3 is 4.74 Å². The zero-order chi connectivity index (χ0) is 24.8. The summed E-state index contributed by atoms with van der Waals surface area (Å²) in [6.45, 7) is 5.18. The molecule has 0 unspecified atom stereocenters. The predicted octanol–water partition coefficient (Wildman–Crippen LogP) is 11.3. The van der Waals surface area contributed by atoms with E-state index >= 15 is 0 Å². The standard InChI is InChI=1S/C32H62O2/c1-3-5-7-9-11-13-15-16-17-18-19-20-21-22-24-26-28-30-32(33)34-31-29-27-25-23-14-12-10-8-6-4-2/h16-17H,3-15,18-31H2,1-2H3. The number of allylic oxidation sites excluding steroid dienone is 2. The van der Waals surface area contributed by atoms with Gasteiger partial charge in [0.15, 0.2) is 0 Å². The molecule has 0 aromatic heterocycles. The van der Waals surface area contributed by atoms with Gasteiger partial charge in [0.05, 0.1) is 6.61 Å². The van der Waals surface area contributed by atoms with Crippen LogP contribution in [0.15, 0.2) is 12.2 Å². The molecule has 0 fully saturated rings. The lowest BCUT2D eigenvalue weighted by Gasteiger charge is -2.05. The van der Waals surface area contributed by atoms with E-state index in [0.29, 0.717) is 13.0 Å². The lowest BCUT2D eigenvalue weighted by atomic mass is 10.1. The quantitative estimate of drug-likeness (QED) is 0.0634. The fourth-order valence-corrected chi connectivity index (χ4v) is 4.54. The minimum Gasteiger partial charge on any atom is -0.466 e. The maximum absolute atomic E-state index is 11.8. The van der Waals surface area contributed by atoms with Gasteiger partial charge in [0, 0.05) is 6.42 Å². The number of hydrogen-bond acceptors (Lipinski definition) is 2. The SMILES string of the molecule is CCCCCCCCC=CCCCCCCCCCC(=O)OCCCCCCCCCCCC. The molecule has 0 rings (SSSR count). The highest BCUT2D eigenvalue weighted by Gasteiger charge is 2.02. The van der Waals surface area contributed by atoms with Gasteiger partial charge in [-0.1, -0.05) is 148 Å². The fraction of sp³-hybridized carbons (Fsp3) is 0.906. The van der Waals surface area contributed by atoms with Crippen molar-refractivity contribution in [1.82, 2.24) is 0 Å². The summed E-state index contributed by atoms with van der Waals surface area (Å²) in [6.07, 6.45) is 38.2. The van der Waals surface area contributed by atoms with Gasteiger partial charge >= 0.3 is 5.97 Å². The number of ether oxygens (including phenoxy) is 1. The van der Waals surface area contributed by atoms with Crippen LogP contribution >= 0.6 is 0 Å². The Kier molecular flexibility index (Phi) is 29.5. The molecule has 2 nitrogen and oxygen atoms in total. The topological polar surface area (TPSA) is 26.3 Å². The summed E-state index contributed by atoms with van der Waals surface area (Å²) >= 11 is 0. The van der Waals surface area contributed by atoms with Gasteiger partial charge in [-0.25, -0.2) is 0 Å². The molecule has 0 saturated carbocycles. The van der Waals surface area contributed by atoms with E-state index in [1.807, 2.05) is 0 Å². The Morgan fingerprint density at radius 3 is 1.26 bits per heavy atom. The first-order chi connectivity index (χ1) is 16.8. The molecule has 0 heterocycles. The second kappa shape index (κ2) is 30.2. The molecule has 0 N–H and O–H groups in total. The molecule has 0 atom stereocenters. The van der Waals surface area contributed by atoms with Gasteiger partial charge in [-0.3, -0.25) is 4.79 Å². The summed E-state index contributed by atoms with van der Waals surface area (Å²) in [5, 5.41) is 0. The Hall–Kier alpha value is -0.790. The van der Waals surface area contributed by atoms with Crippen LogP contribution in [0.3, 0.4) is 0 Å². The van der Waals surface area contributed by atoms with Gasteiger partial charge in [-0.05, 0) is 38.5 Å². The average Bonchev–Trinajstić information content (AvgIpc) is 2.84. The molecule has 2 heteroatoms. The number of esters is 1. The van der Waals surface area contributed by atoms with E-state index in [0.717, 1.165) is 12.8 Å². The predicted molar refractivity (Wildman–Crippen MR) is 151 cm³/mol. The second-order valence-corrected chi connectivity index (χ2v) is 10.4. The van der Waals surface area contributed by atoms with E-state index < -0.39 is 0 Å². The van der Waals surface area contributed by atoms with Crippen molar-refractivity contribution in [2.45, 2.75) is 181 Å². The Bertz CT molecular complexity index is 415. The smallest absolute Gasteiger partial charge is 0.305 e. The van der Waals surface area contributed by atoms with Gasteiger partial charge in [0.2, 0.25) is 0 Å². The van der Waals surface area contributed by atoms with Crippen molar-refractivity contribution in [3.63, 3.8) is 0 Å². The number of carbonyl (C=O) groups excluding carboxylic acids is 1. The molecule has 34 heavy (non-hydrogen) atoms. The monoisotopic (exact) mass is 478 g/mol. The maximum Gasteiger partial charge on any atom is 0.305 e. The molecule has 0 aromatic rings. The maximum atomic E-state index is 11.8. The average molecular weight is 479 g/mol. The molecule has 0 aliphatic rings. The van der Waals surface area contributed by atoms with Gasteiger partial charge in [0.1, 0.15) is 0 Å². The van der Waals surface area contributed by atoms with Crippen molar-refractivity contribution in [2.24, 2.45) is 0 Å². The van der Waals surface area contributed by atoms with Crippen LogP contribution in [0.2, 0.25) is 0 Å². The normalized spacial score (nSPS) is 11.5. The Morgan fingerprint density at radius 2 is 0.824 bits per heavy atom. The van der Waals surface area contributed by atoms with Crippen LogP contribution in [-0.4, -0.2) is 12.6 Å².